The Morgan fingerprint density at radius 3 is 2.52 bits per heavy atom. The molecule has 4 nitrogen and oxygen atoms in total. The van der Waals surface area contributed by atoms with Crippen LogP contribution in [0.3, 0.4) is 0 Å². The molecule has 0 aliphatic carbocycles. The van der Waals surface area contributed by atoms with Gasteiger partial charge in [0.2, 0.25) is 5.91 Å². The van der Waals surface area contributed by atoms with Crippen molar-refractivity contribution in [3.8, 4) is 0 Å². The van der Waals surface area contributed by atoms with Crippen LogP contribution in [0.25, 0.3) is 0 Å². The maximum Gasteiger partial charge on any atom is 0.228 e. The first-order valence-electron chi connectivity index (χ1n) is 9.65. The third-order valence-corrected chi connectivity index (χ3v) is 6.18. The first-order valence-corrected chi connectivity index (χ1v) is 9.65. The second kappa shape index (κ2) is 7.77. The number of piperidine rings is 1. The van der Waals surface area contributed by atoms with Crippen molar-refractivity contribution in [3.05, 3.63) is 30.3 Å². The van der Waals surface area contributed by atoms with Crippen LogP contribution in [-0.4, -0.2) is 50.2 Å². The molecule has 0 aromatic heterocycles. The molecule has 138 valence electrons. The van der Waals surface area contributed by atoms with E-state index in [1.54, 1.807) is 0 Å². The first kappa shape index (κ1) is 18.2. The molecule has 2 heterocycles. The Morgan fingerprint density at radius 2 is 1.84 bits per heavy atom. The number of hydrogen-bond donors (Lipinski definition) is 0. The van der Waals surface area contributed by atoms with E-state index >= 15 is 0 Å². The summed E-state index contributed by atoms with van der Waals surface area (Å²) in [5.41, 5.74) is 0.949. The number of anilines is 1. The van der Waals surface area contributed by atoms with Crippen LogP contribution in [-0.2, 0) is 9.53 Å². The predicted octanol–water partition coefficient (Wildman–Crippen LogP) is 3.57. The zero-order chi connectivity index (χ0) is 17.9. The van der Waals surface area contributed by atoms with Crippen molar-refractivity contribution in [2.75, 3.05) is 38.3 Å². The fourth-order valence-corrected chi connectivity index (χ4v) is 4.36. The van der Waals surface area contributed by atoms with Crippen LogP contribution in [0.5, 0.6) is 0 Å². The maximum atomic E-state index is 13.3. The van der Waals surface area contributed by atoms with E-state index in [9.17, 15) is 4.79 Å². The smallest absolute Gasteiger partial charge is 0.228 e. The molecule has 0 unspecified atom stereocenters. The molecular formula is C21H32N2O2. The minimum Gasteiger partial charge on any atom is -0.381 e. The van der Waals surface area contributed by atoms with Crippen LogP contribution in [0.4, 0.5) is 5.69 Å². The van der Waals surface area contributed by atoms with E-state index in [-0.39, 0.29) is 5.41 Å². The van der Waals surface area contributed by atoms with Gasteiger partial charge in [-0.2, -0.15) is 0 Å². The van der Waals surface area contributed by atoms with E-state index < -0.39 is 0 Å². The number of ether oxygens (including phenoxy) is 1. The molecule has 0 saturated carbocycles. The summed E-state index contributed by atoms with van der Waals surface area (Å²) in [6.45, 7) is 7.83. The average Bonchev–Trinajstić information content (AvgIpc) is 2.68. The summed E-state index contributed by atoms with van der Waals surface area (Å²) >= 11 is 0. The summed E-state index contributed by atoms with van der Waals surface area (Å²) < 4.78 is 5.48. The van der Waals surface area contributed by atoms with E-state index in [1.807, 2.05) is 11.9 Å². The quantitative estimate of drug-likeness (QED) is 0.837. The average molecular weight is 344 g/mol. The van der Waals surface area contributed by atoms with Gasteiger partial charge < -0.3 is 14.5 Å². The summed E-state index contributed by atoms with van der Waals surface area (Å²) in [5, 5.41) is 0. The van der Waals surface area contributed by atoms with E-state index in [0.717, 1.165) is 52.0 Å². The Labute approximate surface area is 152 Å². The third kappa shape index (κ3) is 4.00. The van der Waals surface area contributed by atoms with Crippen LogP contribution < -0.4 is 4.90 Å². The highest BCUT2D eigenvalue weighted by Crippen LogP contribution is 2.37. The van der Waals surface area contributed by atoms with Gasteiger partial charge >= 0.3 is 0 Å². The standard InChI is InChI=1S/C21H32N2O2/c1-21(2,17-11-14-25-15-12-17)20(24)22(3)19-10-7-13-23(16-19)18-8-5-4-6-9-18/h4-6,8-9,17,19H,7,10-16H2,1-3H3/t19-/m0/s1. The molecule has 2 fully saturated rings. The molecule has 1 atom stereocenters. The lowest BCUT2D eigenvalue weighted by Crippen LogP contribution is -2.53. The molecule has 4 heteroatoms. The molecule has 0 radical (unpaired) electrons. The minimum absolute atomic E-state index is 0.291. The molecule has 0 spiro atoms. The topological polar surface area (TPSA) is 32.8 Å². The molecule has 2 aliphatic rings. The second-order valence-corrected chi connectivity index (χ2v) is 8.10. The van der Waals surface area contributed by atoms with Crippen molar-refractivity contribution in [2.24, 2.45) is 11.3 Å². The lowest BCUT2D eigenvalue weighted by atomic mass is 9.73. The largest absolute Gasteiger partial charge is 0.381 e. The molecule has 1 aromatic rings. The zero-order valence-electron chi connectivity index (χ0n) is 15.9. The molecule has 2 saturated heterocycles. The van der Waals surface area contributed by atoms with Crippen molar-refractivity contribution in [2.45, 2.75) is 45.6 Å². The van der Waals surface area contributed by atoms with Gasteiger partial charge in [-0.1, -0.05) is 32.0 Å². The first-order chi connectivity index (χ1) is 12.0. The second-order valence-electron chi connectivity index (χ2n) is 8.10. The highest BCUT2D eigenvalue weighted by molar-refractivity contribution is 5.82. The van der Waals surface area contributed by atoms with Gasteiger partial charge in [-0.3, -0.25) is 4.79 Å². The fraction of sp³-hybridized carbons (Fsp3) is 0.667. The Kier molecular flexibility index (Phi) is 5.67. The Hall–Kier alpha value is -1.55. The lowest BCUT2D eigenvalue weighted by Gasteiger charge is -2.43. The van der Waals surface area contributed by atoms with Gasteiger partial charge in [-0.15, -0.1) is 0 Å². The van der Waals surface area contributed by atoms with Crippen molar-refractivity contribution < 1.29 is 9.53 Å². The van der Waals surface area contributed by atoms with Crippen molar-refractivity contribution in [1.82, 2.24) is 4.90 Å². The molecule has 2 aliphatic heterocycles. The number of hydrogen-bond acceptors (Lipinski definition) is 3. The number of rotatable bonds is 4. The van der Waals surface area contributed by atoms with Gasteiger partial charge in [0.15, 0.2) is 0 Å². The van der Waals surface area contributed by atoms with E-state index in [0.29, 0.717) is 17.9 Å². The minimum atomic E-state index is -0.312. The van der Waals surface area contributed by atoms with Crippen LogP contribution in [0, 0.1) is 11.3 Å². The summed E-state index contributed by atoms with van der Waals surface area (Å²) in [5.74, 6) is 0.712. The van der Waals surface area contributed by atoms with Gasteiger partial charge in [0.1, 0.15) is 0 Å². The Balaban J connectivity index is 1.66. The summed E-state index contributed by atoms with van der Waals surface area (Å²) in [7, 11) is 2.00. The molecule has 25 heavy (non-hydrogen) atoms. The Bertz CT molecular complexity index is 567. The molecule has 1 aromatic carbocycles. The number of benzene rings is 1. The van der Waals surface area contributed by atoms with Crippen molar-refractivity contribution >= 4 is 11.6 Å². The van der Waals surface area contributed by atoms with E-state index in [1.165, 1.54) is 5.69 Å². The highest BCUT2D eigenvalue weighted by Gasteiger charge is 2.41. The highest BCUT2D eigenvalue weighted by atomic mass is 16.5. The lowest BCUT2D eigenvalue weighted by molar-refractivity contribution is -0.146. The van der Waals surface area contributed by atoms with Gasteiger partial charge in [0.25, 0.3) is 0 Å². The van der Waals surface area contributed by atoms with Crippen molar-refractivity contribution in [1.29, 1.82) is 0 Å². The van der Waals surface area contributed by atoms with E-state index in [2.05, 4.69) is 49.1 Å². The zero-order valence-corrected chi connectivity index (χ0v) is 15.9. The summed E-state index contributed by atoms with van der Waals surface area (Å²) in [6, 6.07) is 10.8. The van der Waals surface area contributed by atoms with Crippen LogP contribution in [0.1, 0.15) is 39.5 Å². The SMILES string of the molecule is CN(C(=O)C(C)(C)C1CCOCC1)[C@H]1CCCN(c2ccccc2)C1. The van der Waals surface area contributed by atoms with Crippen LogP contribution in [0.15, 0.2) is 30.3 Å². The molecule has 0 N–H and O–H groups in total. The fourth-order valence-electron chi connectivity index (χ4n) is 4.36. The molecular weight excluding hydrogens is 312 g/mol. The number of para-hydroxylation sites is 1. The monoisotopic (exact) mass is 344 g/mol. The third-order valence-electron chi connectivity index (χ3n) is 6.18. The normalized spacial score (nSPS) is 22.7. The number of amides is 1. The maximum absolute atomic E-state index is 13.3. The van der Waals surface area contributed by atoms with E-state index in [4.69, 9.17) is 4.74 Å². The van der Waals surface area contributed by atoms with Gasteiger partial charge in [-0.25, -0.2) is 0 Å². The summed E-state index contributed by atoms with van der Waals surface area (Å²) in [6.07, 6.45) is 4.21. The predicted molar refractivity (Wildman–Crippen MR) is 102 cm³/mol. The number of nitrogens with zero attached hydrogens (tertiary/aromatic N) is 2. The van der Waals surface area contributed by atoms with Crippen molar-refractivity contribution in [3.63, 3.8) is 0 Å². The summed E-state index contributed by atoms with van der Waals surface area (Å²) in [4.78, 5) is 17.7. The van der Waals surface area contributed by atoms with Gasteiger partial charge in [0.05, 0.1) is 0 Å². The van der Waals surface area contributed by atoms with Gasteiger partial charge in [-0.05, 0) is 43.7 Å². The van der Waals surface area contributed by atoms with Crippen LogP contribution in [0.2, 0.25) is 0 Å². The molecule has 0 bridgehead atoms. The number of carbonyl (C=O) groups is 1. The number of likely N-dealkylation sites (N-methyl/N-ethyl adjacent to an activating group) is 1. The number of carbonyl (C=O) groups excluding carboxylic acids is 1. The molecule has 1 amide bonds. The van der Waals surface area contributed by atoms with Gasteiger partial charge in [0, 0.05) is 50.5 Å². The Morgan fingerprint density at radius 1 is 1.16 bits per heavy atom. The molecule has 3 rings (SSSR count). The van der Waals surface area contributed by atoms with Crippen LogP contribution >= 0.6 is 0 Å².